The van der Waals surface area contributed by atoms with E-state index in [2.05, 4.69) is 30.0 Å². The molecule has 0 bridgehead atoms. The maximum absolute atomic E-state index is 6.34. The molecule has 2 rings (SSSR count). The first-order valence-electron chi connectivity index (χ1n) is 6.89. The third-order valence-corrected chi connectivity index (χ3v) is 3.97. The highest BCUT2D eigenvalue weighted by Crippen LogP contribution is 2.25. The molecule has 1 fully saturated rings. The second-order valence-electron chi connectivity index (χ2n) is 5.51. The van der Waals surface area contributed by atoms with Gasteiger partial charge in [0.25, 0.3) is 0 Å². The molecule has 4 heteroatoms. The highest BCUT2D eigenvalue weighted by molar-refractivity contribution is 5.35. The third kappa shape index (κ3) is 3.47. The van der Waals surface area contributed by atoms with Gasteiger partial charge < -0.3 is 15.4 Å². The average molecular weight is 263 g/mol. The Bertz CT molecular complexity index is 408. The van der Waals surface area contributed by atoms with Crippen molar-refractivity contribution in [3.8, 4) is 5.75 Å². The predicted octanol–water partition coefficient (Wildman–Crippen LogP) is 1.33. The summed E-state index contributed by atoms with van der Waals surface area (Å²) >= 11 is 0. The Morgan fingerprint density at radius 3 is 2.79 bits per heavy atom. The van der Waals surface area contributed by atoms with Gasteiger partial charge in [-0.05, 0) is 33.1 Å². The number of hydrogen-bond acceptors (Lipinski definition) is 4. The molecule has 0 saturated carbocycles. The van der Waals surface area contributed by atoms with Crippen molar-refractivity contribution < 1.29 is 4.74 Å². The number of likely N-dealkylation sites (tertiary alicyclic amines) is 1. The van der Waals surface area contributed by atoms with Crippen LogP contribution in [0.5, 0.6) is 5.75 Å². The SMILES string of the molecule is COc1ccccc1C(N)CN1CCC(N(C)C)C1. The first-order chi connectivity index (χ1) is 9.11. The summed E-state index contributed by atoms with van der Waals surface area (Å²) in [6, 6.07) is 8.70. The predicted molar refractivity (Wildman–Crippen MR) is 78.5 cm³/mol. The molecule has 0 aromatic heterocycles. The Balaban J connectivity index is 1.96. The molecule has 1 aliphatic rings. The number of benzene rings is 1. The molecular formula is C15H25N3O. The fourth-order valence-corrected chi connectivity index (χ4v) is 2.75. The van der Waals surface area contributed by atoms with E-state index in [0.29, 0.717) is 6.04 Å². The van der Waals surface area contributed by atoms with Gasteiger partial charge in [0.2, 0.25) is 0 Å². The van der Waals surface area contributed by atoms with Gasteiger partial charge in [-0.1, -0.05) is 18.2 Å². The van der Waals surface area contributed by atoms with Crippen LogP contribution in [0.1, 0.15) is 18.0 Å². The number of likely N-dealkylation sites (N-methyl/N-ethyl adjacent to an activating group) is 1. The van der Waals surface area contributed by atoms with Crippen molar-refractivity contribution in [3.63, 3.8) is 0 Å². The van der Waals surface area contributed by atoms with Gasteiger partial charge in [0.1, 0.15) is 5.75 Å². The average Bonchev–Trinajstić information content (AvgIpc) is 2.87. The van der Waals surface area contributed by atoms with Crippen LogP contribution in [0.15, 0.2) is 24.3 Å². The van der Waals surface area contributed by atoms with Crippen LogP contribution in [0.2, 0.25) is 0 Å². The highest BCUT2D eigenvalue weighted by Gasteiger charge is 2.25. The van der Waals surface area contributed by atoms with Crippen LogP contribution in [-0.4, -0.2) is 56.7 Å². The van der Waals surface area contributed by atoms with Crippen LogP contribution in [-0.2, 0) is 0 Å². The van der Waals surface area contributed by atoms with E-state index >= 15 is 0 Å². The minimum Gasteiger partial charge on any atom is -0.496 e. The van der Waals surface area contributed by atoms with E-state index in [0.717, 1.165) is 30.9 Å². The molecule has 2 unspecified atom stereocenters. The van der Waals surface area contributed by atoms with Gasteiger partial charge in [0, 0.05) is 30.7 Å². The zero-order valence-electron chi connectivity index (χ0n) is 12.2. The minimum atomic E-state index is 0.0112. The normalized spacial score (nSPS) is 21.8. The molecule has 106 valence electrons. The zero-order chi connectivity index (χ0) is 13.8. The fraction of sp³-hybridized carbons (Fsp3) is 0.600. The number of ether oxygens (including phenoxy) is 1. The molecule has 0 aliphatic carbocycles. The summed E-state index contributed by atoms with van der Waals surface area (Å²) in [5, 5.41) is 0. The lowest BCUT2D eigenvalue weighted by Gasteiger charge is -2.24. The van der Waals surface area contributed by atoms with Crippen LogP contribution in [0.3, 0.4) is 0 Å². The Morgan fingerprint density at radius 1 is 1.42 bits per heavy atom. The van der Waals surface area contributed by atoms with Crippen molar-refractivity contribution in [1.82, 2.24) is 9.80 Å². The van der Waals surface area contributed by atoms with Crippen LogP contribution in [0.25, 0.3) is 0 Å². The van der Waals surface area contributed by atoms with Gasteiger partial charge in [0.15, 0.2) is 0 Å². The van der Waals surface area contributed by atoms with Gasteiger partial charge in [-0.25, -0.2) is 0 Å². The molecule has 2 N–H and O–H groups in total. The van der Waals surface area contributed by atoms with Gasteiger partial charge in [-0.15, -0.1) is 0 Å². The number of nitrogens with zero attached hydrogens (tertiary/aromatic N) is 2. The van der Waals surface area contributed by atoms with Gasteiger partial charge in [-0.3, -0.25) is 4.90 Å². The van der Waals surface area contributed by atoms with Gasteiger partial charge in [0.05, 0.1) is 7.11 Å². The number of para-hydroxylation sites is 1. The first kappa shape index (κ1) is 14.3. The summed E-state index contributed by atoms with van der Waals surface area (Å²) in [5.74, 6) is 0.887. The Labute approximate surface area is 116 Å². The second-order valence-corrected chi connectivity index (χ2v) is 5.51. The molecule has 0 spiro atoms. The van der Waals surface area contributed by atoms with E-state index in [-0.39, 0.29) is 6.04 Å². The maximum atomic E-state index is 6.34. The number of hydrogen-bond donors (Lipinski definition) is 1. The molecule has 19 heavy (non-hydrogen) atoms. The molecular weight excluding hydrogens is 238 g/mol. The van der Waals surface area contributed by atoms with Crippen LogP contribution in [0.4, 0.5) is 0 Å². The molecule has 1 aromatic carbocycles. The smallest absolute Gasteiger partial charge is 0.123 e. The zero-order valence-corrected chi connectivity index (χ0v) is 12.2. The largest absolute Gasteiger partial charge is 0.496 e. The van der Waals surface area contributed by atoms with Crippen molar-refractivity contribution in [1.29, 1.82) is 0 Å². The molecule has 0 radical (unpaired) electrons. The lowest BCUT2D eigenvalue weighted by Crippen LogP contribution is -2.35. The number of nitrogens with two attached hydrogens (primary N) is 1. The van der Waals surface area contributed by atoms with E-state index in [1.165, 1.54) is 6.42 Å². The van der Waals surface area contributed by atoms with E-state index in [4.69, 9.17) is 10.5 Å². The first-order valence-corrected chi connectivity index (χ1v) is 6.89. The lowest BCUT2D eigenvalue weighted by molar-refractivity contribution is 0.259. The molecule has 0 amide bonds. The summed E-state index contributed by atoms with van der Waals surface area (Å²) in [4.78, 5) is 4.75. The second kappa shape index (κ2) is 6.37. The quantitative estimate of drug-likeness (QED) is 0.870. The van der Waals surface area contributed by atoms with E-state index < -0.39 is 0 Å². The van der Waals surface area contributed by atoms with Gasteiger partial charge >= 0.3 is 0 Å². The fourth-order valence-electron chi connectivity index (χ4n) is 2.75. The molecule has 1 heterocycles. The summed E-state index contributed by atoms with van der Waals surface area (Å²) in [6.45, 7) is 3.13. The molecule has 1 aliphatic heterocycles. The van der Waals surface area contributed by atoms with E-state index in [9.17, 15) is 0 Å². The Kier molecular flexibility index (Phi) is 4.80. The van der Waals surface area contributed by atoms with Crippen molar-refractivity contribution in [3.05, 3.63) is 29.8 Å². The van der Waals surface area contributed by atoms with Crippen LogP contribution < -0.4 is 10.5 Å². The van der Waals surface area contributed by atoms with Crippen molar-refractivity contribution in [2.24, 2.45) is 5.73 Å². The van der Waals surface area contributed by atoms with E-state index in [1.807, 2.05) is 18.2 Å². The molecule has 2 atom stereocenters. The molecule has 1 saturated heterocycles. The van der Waals surface area contributed by atoms with Crippen molar-refractivity contribution >= 4 is 0 Å². The van der Waals surface area contributed by atoms with Crippen molar-refractivity contribution in [2.75, 3.05) is 40.8 Å². The number of methoxy groups -OCH3 is 1. The summed E-state index contributed by atoms with van der Waals surface area (Å²) in [5.41, 5.74) is 7.43. The van der Waals surface area contributed by atoms with E-state index in [1.54, 1.807) is 7.11 Å². The topological polar surface area (TPSA) is 41.7 Å². The minimum absolute atomic E-state index is 0.0112. The summed E-state index contributed by atoms with van der Waals surface area (Å²) < 4.78 is 5.38. The highest BCUT2D eigenvalue weighted by atomic mass is 16.5. The lowest BCUT2D eigenvalue weighted by atomic mass is 10.1. The Morgan fingerprint density at radius 2 is 2.16 bits per heavy atom. The van der Waals surface area contributed by atoms with Crippen LogP contribution >= 0.6 is 0 Å². The Hall–Kier alpha value is -1.10. The van der Waals surface area contributed by atoms with Crippen molar-refractivity contribution in [2.45, 2.75) is 18.5 Å². The monoisotopic (exact) mass is 263 g/mol. The van der Waals surface area contributed by atoms with Gasteiger partial charge in [-0.2, -0.15) is 0 Å². The molecule has 4 nitrogen and oxygen atoms in total. The van der Waals surface area contributed by atoms with Crippen LogP contribution in [0, 0.1) is 0 Å². The maximum Gasteiger partial charge on any atom is 0.123 e. The number of rotatable bonds is 5. The molecule has 1 aromatic rings. The standard InChI is InChI=1S/C15H25N3O/c1-17(2)12-8-9-18(10-12)11-14(16)13-6-4-5-7-15(13)19-3/h4-7,12,14H,8-11,16H2,1-3H3. The summed E-state index contributed by atoms with van der Waals surface area (Å²) in [6.07, 6.45) is 1.23. The third-order valence-electron chi connectivity index (χ3n) is 3.97. The summed E-state index contributed by atoms with van der Waals surface area (Å²) in [7, 11) is 5.99.